The van der Waals surface area contributed by atoms with Gasteiger partial charge in [0.05, 0.1) is 9.86 Å². The molecule has 0 spiro atoms. The molecule has 0 saturated heterocycles. The van der Waals surface area contributed by atoms with Gasteiger partial charge in [0.2, 0.25) is 5.91 Å². The Morgan fingerprint density at radius 1 is 1.25 bits per heavy atom. The third kappa shape index (κ3) is 3.30. The number of alkyl halides is 1. The van der Waals surface area contributed by atoms with Crippen molar-refractivity contribution < 1.29 is 4.79 Å². The molecule has 0 aliphatic rings. The van der Waals surface area contributed by atoms with Gasteiger partial charge in [-0.2, -0.15) is 0 Å². The summed E-state index contributed by atoms with van der Waals surface area (Å²) in [6.45, 7) is 7.59. The molecule has 1 aromatic heterocycles. The standard InChI is InChI=1S/C12H17BrN2O/c1-11(2,13)10(16)15-12(3,4)9-5-7-14-8-6-9/h5-8H,1-4H3,(H,15,16). The average molecular weight is 285 g/mol. The Labute approximate surface area is 105 Å². The first-order chi connectivity index (χ1) is 7.23. The molecule has 1 heterocycles. The van der Waals surface area contributed by atoms with Gasteiger partial charge in [0.25, 0.3) is 0 Å². The summed E-state index contributed by atoms with van der Waals surface area (Å²) in [5.41, 5.74) is 0.637. The van der Waals surface area contributed by atoms with Gasteiger partial charge in [-0.1, -0.05) is 15.9 Å². The van der Waals surface area contributed by atoms with Crippen LogP contribution in [-0.4, -0.2) is 15.2 Å². The van der Waals surface area contributed by atoms with Crippen LogP contribution in [0.1, 0.15) is 33.3 Å². The molecular weight excluding hydrogens is 268 g/mol. The third-order valence-corrected chi connectivity index (χ3v) is 2.73. The minimum atomic E-state index is -0.558. The fraction of sp³-hybridized carbons (Fsp3) is 0.500. The van der Waals surface area contributed by atoms with Crippen molar-refractivity contribution in [2.24, 2.45) is 0 Å². The van der Waals surface area contributed by atoms with Crippen molar-refractivity contribution in [3.05, 3.63) is 30.1 Å². The van der Waals surface area contributed by atoms with Crippen molar-refractivity contribution in [3.63, 3.8) is 0 Å². The predicted octanol–water partition coefficient (Wildman–Crippen LogP) is 2.61. The number of hydrogen-bond donors (Lipinski definition) is 1. The quantitative estimate of drug-likeness (QED) is 0.867. The lowest BCUT2D eigenvalue weighted by Crippen LogP contribution is -2.47. The number of hydrogen-bond acceptors (Lipinski definition) is 2. The lowest BCUT2D eigenvalue weighted by Gasteiger charge is -2.30. The highest BCUT2D eigenvalue weighted by atomic mass is 79.9. The first-order valence-electron chi connectivity index (χ1n) is 5.15. The van der Waals surface area contributed by atoms with E-state index in [0.29, 0.717) is 0 Å². The molecule has 0 saturated carbocycles. The van der Waals surface area contributed by atoms with Crippen LogP contribution in [0.3, 0.4) is 0 Å². The fourth-order valence-corrected chi connectivity index (χ4v) is 1.37. The molecule has 16 heavy (non-hydrogen) atoms. The van der Waals surface area contributed by atoms with Crippen LogP contribution >= 0.6 is 15.9 Å². The lowest BCUT2D eigenvalue weighted by atomic mass is 9.94. The number of carbonyl (C=O) groups is 1. The van der Waals surface area contributed by atoms with Gasteiger partial charge in [0, 0.05) is 12.4 Å². The zero-order valence-corrected chi connectivity index (χ0v) is 11.6. The smallest absolute Gasteiger partial charge is 0.237 e. The summed E-state index contributed by atoms with van der Waals surface area (Å²) in [4.78, 5) is 15.8. The van der Waals surface area contributed by atoms with Crippen LogP contribution in [0.4, 0.5) is 0 Å². The molecule has 88 valence electrons. The van der Waals surface area contributed by atoms with Crippen LogP contribution in [0.15, 0.2) is 24.5 Å². The van der Waals surface area contributed by atoms with Gasteiger partial charge in [-0.05, 0) is 45.4 Å². The molecule has 0 aliphatic heterocycles. The highest BCUT2D eigenvalue weighted by Crippen LogP contribution is 2.22. The number of rotatable bonds is 3. The number of pyridine rings is 1. The first kappa shape index (κ1) is 13.2. The van der Waals surface area contributed by atoms with Gasteiger partial charge in [-0.3, -0.25) is 9.78 Å². The summed E-state index contributed by atoms with van der Waals surface area (Å²) in [5, 5.41) is 3.00. The maximum absolute atomic E-state index is 11.9. The summed E-state index contributed by atoms with van der Waals surface area (Å²) in [7, 11) is 0. The Morgan fingerprint density at radius 2 is 1.75 bits per heavy atom. The van der Waals surface area contributed by atoms with Crippen molar-refractivity contribution >= 4 is 21.8 Å². The van der Waals surface area contributed by atoms with Gasteiger partial charge in [-0.15, -0.1) is 0 Å². The van der Waals surface area contributed by atoms with Crippen LogP contribution in [0.2, 0.25) is 0 Å². The zero-order chi connectivity index (χ0) is 12.4. The third-order valence-electron chi connectivity index (χ3n) is 2.37. The molecule has 0 unspecified atom stereocenters. The summed E-state index contributed by atoms with van der Waals surface area (Å²) >= 11 is 3.34. The maximum atomic E-state index is 11.9. The zero-order valence-electron chi connectivity index (χ0n) is 10.0. The number of amides is 1. The van der Waals surface area contributed by atoms with E-state index in [1.54, 1.807) is 12.4 Å². The maximum Gasteiger partial charge on any atom is 0.237 e. The Balaban J connectivity index is 2.85. The molecule has 1 rings (SSSR count). The van der Waals surface area contributed by atoms with E-state index >= 15 is 0 Å². The second-order valence-corrected chi connectivity index (χ2v) is 6.77. The average Bonchev–Trinajstić information content (AvgIpc) is 2.17. The minimum absolute atomic E-state index is 0.0330. The highest BCUT2D eigenvalue weighted by Gasteiger charge is 2.30. The molecule has 1 aromatic rings. The molecule has 0 atom stereocenters. The summed E-state index contributed by atoms with van der Waals surface area (Å²) < 4.78 is -0.558. The lowest BCUT2D eigenvalue weighted by molar-refractivity contribution is -0.124. The van der Waals surface area contributed by atoms with E-state index in [0.717, 1.165) is 5.56 Å². The fourth-order valence-electron chi connectivity index (χ4n) is 1.27. The molecule has 1 N–H and O–H groups in total. The van der Waals surface area contributed by atoms with Gasteiger partial charge in [-0.25, -0.2) is 0 Å². The first-order valence-corrected chi connectivity index (χ1v) is 5.95. The van der Waals surface area contributed by atoms with Crippen molar-refractivity contribution in [1.29, 1.82) is 0 Å². The van der Waals surface area contributed by atoms with Crippen molar-refractivity contribution in [1.82, 2.24) is 10.3 Å². The highest BCUT2D eigenvalue weighted by molar-refractivity contribution is 9.10. The topological polar surface area (TPSA) is 42.0 Å². The van der Waals surface area contributed by atoms with Crippen LogP contribution < -0.4 is 5.32 Å². The van der Waals surface area contributed by atoms with Gasteiger partial charge in [0.1, 0.15) is 0 Å². The Morgan fingerprint density at radius 3 is 2.19 bits per heavy atom. The molecule has 0 radical (unpaired) electrons. The van der Waals surface area contributed by atoms with Crippen molar-refractivity contribution in [2.75, 3.05) is 0 Å². The Kier molecular flexibility index (Phi) is 3.73. The number of aromatic nitrogens is 1. The molecule has 4 heteroatoms. The summed E-state index contributed by atoms with van der Waals surface area (Å²) in [6.07, 6.45) is 3.45. The van der Waals surface area contributed by atoms with Crippen LogP contribution in [-0.2, 0) is 10.3 Å². The van der Waals surface area contributed by atoms with E-state index in [2.05, 4.69) is 26.2 Å². The number of nitrogens with zero attached hydrogens (tertiary/aromatic N) is 1. The second-order valence-electron chi connectivity index (χ2n) is 4.79. The number of carbonyl (C=O) groups excluding carboxylic acids is 1. The Bertz CT molecular complexity index is 368. The van der Waals surface area contributed by atoms with Gasteiger partial charge in [0.15, 0.2) is 0 Å². The molecule has 3 nitrogen and oxygen atoms in total. The molecule has 0 fully saturated rings. The normalized spacial score (nSPS) is 12.3. The minimum Gasteiger partial charge on any atom is -0.346 e. The van der Waals surface area contributed by atoms with Gasteiger partial charge >= 0.3 is 0 Å². The van der Waals surface area contributed by atoms with Crippen LogP contribution in [0.25, 0.3) is 0 Å². The van der Waals surface area contributed by atoms with Crippen molar-refractivity contribution in [3.8, 4) is 0 Å². The van der Waals surface area contributed by atoms with Gasteiger partial charge < -0.3 is 5.32 Å². The van der Waals surface area contributed by atoms with E-state index < -0.39 is 9.86 Å². The van der Waals surface area contributed by atoms with Crippen LogP contribution in [0, 0.1) is 0 Å². The molecule has 0 aliphatic carbocycles. The Hall–Kier alpha value is -0.900. The van der Waals surface area contributed by atoms with E-state index in [1.807, 2.05) is 39.8 Å². The molecule has 1 amide bonds. The van der Waals surface area contributed by atoms with E-state index in [1.165, 1.54) is 0 Å². The number of nitrogens with one attached hydrogen (secondary N) is 1. The predicted molar refractivity (Wildman–Crippen MR) is 68.4 cm³/mol. The molecular formula is C12H17BrN2O. The SMILES string of the molecule is CC(C)(Br)C(=O)NC(C)(C)c1ccncc1. The van der Waals surface area contributed by atoms with Crippen LogP contribution in [0.5, 0.6) is 0 Å². The molecule has 0 bridgehead atoms. The van der Waals surface area contributed by atoms with E-state index in [9.17, 15) is 4.79 Å². The van der Waals surface area contributed by atoms with Crippen molar-refractivity contribution in [2.45, 2.75) is 37.6 Å². The number of halogens is 1. The monoisotopic (exact) mass is 284 g/mol. The van der Waals surface area contributed by atoms with E-state index in [4.69, 9.17) is 0 Å². The largest absolute Gasteiger partial charge is 0.346 e. The summed E-state index contributed by atoms with van der Waals surface area (Å²) in [5.74, 6) is -0.0330. The second kappa shape index (κ2) is 4.53. The molecule has 0 aromatic carbocycles. The summed E-state index contributed by atoms with van der Waals surface area (Å²) in [6, 6.07) is 3.81. The van der Waals surface area contributed by atoms with E-state index in [-0.39, 0.29) is 5.91 Å².